The number of nitrogens with two attached hydrogens (primary N) is 1. The first-order valence-electron chi connectivity index (χ1n) is 11.1. The molecule has 1 aliphatic heterocycles. The summed E-state index contributed by atoms with van der Waals surface area (Å²) < 4.78 is 1.59. The topological polar surface area (TPSA) is 80.3 Å². The summed E-state index contributed by atoms with van der Waals surface area (Å²) in [6, 6.07) is 19.6. The van der Waals surface area contributed by atoms with Gasteiger partial charge in [-0.1, -0.05) is 30.3 Å². The molecule has 7 heteroatoms. The zero-order chi connectivity index (χ0) is 22.1. The molecular weight excluding hydrogens is 400 g/mol. The molecule has 1 fully saturated rings. The first-order valence-corrected chi connectivity index (χ1v) is 11.1. The van der Waals surface area contributed by atoms with Crippen molar-refractivity contribution in [1.29, 1.82) is 0 Å². The van der Waals surface area contributed by atoms with E-state index in [1.165, 1.54) is 5.39 Å². The maximum Gasteiger partial charge on any atom is 0.261 e. The van der Waals surface area contributed by atoms with Gasteiger partial charge in [0.1, 0.15) is 11.6 Å². The monoisotopic (exact) mass is 428 g/mol. The largest absolute Gasteiger partial charge is 0.354 e. The number of anilines is 1. The van der Waals surface area contributed by atoms with Crippen molar-refractivity contribution >= 4 is 27.6 Å². The summed E-state index contributed by atoms with van der Waals surface area (Å²) in [5.74, 6) is 1.68. The van der Waals surface area contributed by atoms with Crippen molar-refractivity contribution in [3.05, 3.63) is 76.8 Å². The Balaban J connectivity index is 1.21. The van der Waals surface area contributed by atoms with Crippen LogP contribution in [0.3, 0.4) is 0 Å². The average Bonchev–Trinajstić information content (AvgIpc) is 2.85. The minimum atomic E-state index is -0.280. The molecule has 4 aromatic rings. The highest BCUT2D eigenvalue weighted by molar-refractivity contribution is 5.80. The Kier molecular flexibility index (Phi) is 5.59. The van der Waals surface area contributed by atoms with Crippen molar-refractivity contribution in [2.45, 2.75) is 12.5 Å². The molecule has 1 unspecified atom stereocenters. The summed E-state index contributed by atoms with van der Waals surface area (Å²) in [6.07, 6.45) is 0.757. The highest BCUT2D eigenvalue weighted by atomic mass is 16.1. The molecule has 1 atom stereocenters. The zero-order valence-corrected chi connectivity index (χ0v) is 18.3. The minimum Gasteiger partial charge on any atom is -0.354 e. The fraction of sp³-hybridized carbons (Fsp3) is 0.320. The lowest BCUT2D eigenvalue weighted by Gasteiger charge is -2.35. The van der Waals surface area contributed by atoms with E-state index < -0.39 is 0 Å². The number of nitrogens with zero attached hydrogens (tertiary/aromatic N) is 5. The summed E-state index contributed by atoms with van der Waals surface area (Å²) in [6.45, 7) is 4.68. The molecule has 2 aromatic heterocycles. The Hall–Kier alpha value is -3.29. The number of para-hydroxylation sites is 2. The Morgan fingerprint density at radius 3 is 2.44 bits per heavy atom. The van der Waals surface area contributed by atoms with Gasteiger partial charge in [0.2, 0.25) is 0 Å². The van der Waals surface area contributed by atoms with Gasteiger partial charge in [-0.3, -0.25) is 14.3 Å². The SMILES string of the molecule is Cn1c(C(N)CCN2CCN(c3ccc4ccccc4n3)CC2)nc2ccccc2c1=O. The standard InChI is InChI=1S/C25H28N6O/c1-29-24(28-22-9-5-3-7-19(22)25(29)32)20(26)12-13-30-14-16-31(17-15-30)23-11-10-18-6-2-4-8-21(18)27-23/h2-11,20H,12-17,26H2,1H3. The summed E-state index contributed by atoms with van der Waals surface area (Å²) in [4.78, 5) is 26.9. The second-order valence-corrected chi connectivity index (χ2v) is 8.44. The first-order chi connectivity index (χ1) is 15.6. The van der Waals surface area contributed by atoms with E-state index >= 15 is 0 Å². The van der Waals surface area contributed by atoms with Crippen LogP contribution in [-0.4, -0.2) is 52.2 Å². The lowest BCUT2D eigenvalue weighted by Crippen LogP contribution is -2.47. The van der Waals surface area contributed by atoms with Gasteiger partial charge in [-0.25, -0.2) is 9.97 Å². The van der Waals surface area contributed by atoms with E-state index in [0.29, 0.717) is 16.7 Å². The maximum absolute atomic E-state index is 12.7. The highest BCUT2D eigenvalue weighted by Gasteiger charge is 2.20. The molecule has 2 N–H and O–H groups in total. The Morgan fingerprint density at radius 2 is 1.62 bits per heavy atom. The van der Waals surface area contributed by atoms with Crippen LogP contribution >= 0.6 is 0 Å². The van der Waals surface area contributed by atoms with Gasteiger partial charge in [0.15, 0.2) is 0 Å². The van der Waals surface area contributed by atoms with Gasteiger partial charge < -0.3 is 10.6 Å². The molecule has 1 saturated heterocycles. The second-order valence-electron chi connectivity index (χ2n) is 8.44. The average molecular weight is 429 g/mol. The number of pyridine rings is 1. The van der Waals surface area contributed by atoms with Crippen LogP contribution in [0.1, 0.15) is 18.3 Å². The number of hydrogen-bond acceptors (Lipinski definition) is 6. The van der Waals surface area contributed by atoms with Gasteiger partial charge >= 0.3 is 0 Å². The predicted molar refractivity (Wildman–Crippen MR) is 129 cm³/mol. The second kappa shape index (κ2) is 8.68. The number of aromatic nitrogens is 3. The first kappa shape index (κ1) is 20.6. The summed E-state index contributed by atoms with van der Waals surface area (Å²) in [5.41, 5.74) is 8.17. The van der Waals surface area contributed by atoms with E-state index in [1.807, 2.05) is 36.4 Å². The van der Waals surface area contributed by atoms with Crippen LogP contribution < -0.4 is 16.2 Å². The summed E-state index contributed by atoms with van der Waals surface area (Å²) >= 11 is 0. The van der Waals surface area contributed by atoms with Crippen molar-refractivity contribution in [2.24, 2.45) is 12.8 Å². The summed E-state index contributed by atoms with van der Waals surface area (Å²) in [7, 11) is 1.76. The van der Waals surface area contributed by atoms with Crippen molar-refractivity contribution in [3.63, 3.8) is 0 Å². The number of benzene rings is 2. The molecule has 7 nitrogen and oxygen atoms in total. The van der Waals surface area contributed by atoms with Gasteiger partial charge in [0.05, 0.1) is 22.5 Å². The van der Waals surface area contributed by atoms with Crippen LogP contribution in [-0.2, 0) is 7.05 Å². The van der Waals surface area contributed by atoms with Gasteiger partial charge in [-0.15, -0.1) is 0 Å². The van der Waals surface area contributed by atoms with E-state index in [0.717, 1.165) is 50.5 Å². The molecule has 0 amide bonds. The molecule has 0 radical (unpaired) electrons. The van der Waals surface area contributed by atoms with Crippen molar-refractivity contribution < 1.29 is 0 Å². The Morgan fingerprint density at radius 1 is 0.906 bits per heavy atom. The Labute approximate surface area is 187 Å². The van der Waals surface area contributed by atoms with E-state index in [9.17, 15) is 4.79 Å². The normalized spacial score (nSPS) is 16.0. The molecule has 32 heavy (non-hydrogen) atoms. The fourth-order valence-electron chi connectivity index (χ4n) is 4.45. The van der Waals surface area contributed by atoms with Crippen molar-refractivity contribution in [3.8, 4) is 0 Å². The van der Waals surface area contributed by atoms with E-state index in [-0.39, 0.29) is 11.6 Å². The third-order valence-corrected chi connectivity index (χ3v) is 6.39. The number of fused-ring (bicyclic) bond motifs is 2. The molecule has 0 aliphatic carbocycles. The van der Waals surface area contributed by atoms with Crippen LogP contribution in [0, 0.1) is 0 Å². The maximum atomic E-state index is 12.7. The molecule has 0 bridgehead atoms. The highest BCUT2D eigenvalue weighted by Crippen LogP contribution is 2.20. The fourth-order valence-corrected chi connectivity index (χ4v) is 4.45. The van der Waals surface area contributed by atoms with Gasteiger partial charge in [-0.2, -0.15) is 0 Å². The van der Waals surface area contributed by atoms with E-state index in [1.54, 1.807) is 11.6 Å². The smallest absolute Gasteiger partial charge is 0.261 e. The van der Waals surface area contributed by atoms with Gasteiger partial charge in [0, 0.05) is 45.2 Å². The summed E-state index contributed by atoms with van der Waals surface area (Å²) in [5, 5.41) is 1.80. The quantitative estimate of drug-likeness (QED) is 0.527. The van der Waals surface area contributed by atoms with E-state index in [4.69, 9.17) is 10.7 Å². The minimum absolute atomic E-state index is 0.0439. The van der Waals surface area contributed by atoms with Crippen LogP contribution in [0.4, 0.5) is 5.82 Å². The van der Waals surface area contributed by atoms with Crippen LogP contribution in [0.5, 0.6) is 0 Å². The molecule has 0 saturated carbocycles. The lowest BCUT2D eigenvalue weighted by molar-refractivity contribution is 0.246. The Bertz CT molecular complexity index is 1310. The van der Waals surface area contributed by atoms with Crippen LogP contribution in [0.25, 0.3) is 21.8 Å². The van der Waals surface area contributed by atoms with Crippen molar-refractivity contribution in [2.75, 3.05) is 37.6 Å². The number of rotatable bonds is 5. The molecule has 5 rings (SSSR count). The molecule has 2 aromatic carbocycles. The molecule has 1 aliphatic rings. The molecule has 3 heterocycles. The third-order valence-electron chi connectivity index (χ3n) is 6.39. The molecule has 164 valence electrons. The van der Waals surface area contributed by atoms with Gasteiger partial charge in [0.25, 0.3) is 5.56 Å². The van der Waals surface area contributed by atoms with Crippen molar-refractivity contribution in [1.82, 2.24) is 19.4 Å². The van der Waals surface area contributed by atoms with Crippen LogP contribution in [0.15, 0.2) is 65.5 Å². The predicted octanol–water partition coefficient (Wildman–Crippen LogP) is 2.69. The molecular formula is C25H28N6O. The third kappa shape index (κ3) is 3.97. The van der Waals surface area contributed by atoms with E-state index in [2.05, 4.69) is 39.0 Å². The lowest BCUT2D eigenvalue weighted by atomic mass is 10.1. The molecule has 0 spiro atoms. The number of hydrogen-bond donors (Lipinski definition) is 1. The van der Waals surface area contributed by atoms with Gasteiger partial charge in [-0.05, 0) is 36.8 Å². The zero-order valence-electron chi connectivity index (χ0n) is 18.3. The number of piperazine rings is 1. The van der Waals surface area contributed by atoms with Crippen LogP contribution in [0.2, 0.25) is 0 Å².